The van der Waals surface area contributed by atoms with E-state index >= 15 is 0 Å². The first-order valence-corrected chi connectivity index (χ1v) is 7.51. The molecule has 5 nitrogen and oxygen atoms in total. The van der Waals surface area contributed by atoms with Crippen LogP contribution in [-0.4, -0.2) is 35.6 Å². The smallest absolute Gasteiger partial charge is 0.339 e. The molecule has 1 rings (SSSR count). The van der Waals surface area contributed by atoms with Crippen LogP contribution in [0.25, 0.3) is 0 Å². The minimum atomic E-state index is -0.352. The molecule has 0 unspecified atom stereocenters. The Morgan fingerprint density at radius 2 is 2.19 bits per heavy atom. The fourth-order valence-corrected chi connectivity index (χ4v) is 1.98. The molecular formula is C15H23N3O2S. The van der Waals surface area contributed by atoms with Gasteiger partial charge in [0.05, 0.1) is 17.2 Å². The lowest BCUT2D eigenvalue weighted by molar-refractivity contribution is 0.0526. The van der Waals surface area contributed by atoms with Crippen molar-refractivity contribution in [3.05, 3.63) is 23.9 Å². The van der Waals surface area contributed by atoms with Crippen molar-refractivity contribution >= 4 is 29.0 Å². The Labute approximate surface area is 131 Å². The van der Waals surface area contributed by atoms with Gasteiger partial charge >= 0.3 is 5.97 Å². The summed E-state index contributed by atoms with van der Waals surface area (Å²) in [4.78, 5) is 18.6. The maximum absolute atomic E-state index is 11.6. The summed E-state index contributed by atoms with van der Waals surface area (Å²) in [7, 11) is 0. The summed E-state index contributed by atoms with van der Waals surface area (Å²) in [6.45, 7) is 7.99. The van der Waals surface area contributed by atoms with E-state index in [1.165, 1.54) is 0 Å². The minimum Gasteiger partial charge on any atom is -0.462 e. The van der Waals surface area contributed by atoms with E-state index in [1.807, 2.05) is 6.07 Å². The largest absolute Gasteiger partial charge is 0.462 e. The van der Waals surface area contributed by atoms with Gasteiger partial charge < -0.3 is 15.4 Å². The molecule has 0 amide bonds. The van der Waals surface area contributed by atoms with Crippen LogP contribution in [0.3, 0.4) is 0 Å². The first-order chi connectivity index (χ1) is 9.93. The van der Waals surface area contributed by atoms with E-state index in [0.29, 0.717) is 29.5 Å². The van der Waals surface area contributed by atoms with Crippen LogP contribution in [0.4, 0.5) is 5.82 Å². The number of thiocarbonyl (C=S) groups is 1. The average Bonchev–Trinajstić information content (AvgIpc) is 2.43. The zero-order valence-corrected chi connectivity index (χ0v) is 13.7. The molecule has 0 aliphatic heterocycles. The zero-order valence-electron chi connectivity index (χ0n) is 12.8. The van der Waals surface area contributed by atoms with Crippen molar-refractivity contribution in [1.29, 1.82) is 0 Å². The van der Waals surface area contributed by atoms with Crippen molar-refractivity contribution < 1.29 is 9.53 Å². The second kappa shape index (κ2) is 8.56. The van der Waals surface area contributed by atoms with E-state index in [2.05, 4.69) is 23.7 Å². The monoisotopic (exact) mass is 309 g/mol. The Kier molecular flexibility index (Phi) is 7.08. The third-order valence-corrected chi connectivity index (χ3v) is 3.00. The molecule has 6 heteroatoms. The fraction of sp³-hybridized carbons (Fsp3) is 0.533. The number of nitrogens with zero attached hydrogens (tertiary/aromatic N) is 2. The molecule has 1 aromatic heterocycles. The van der Waals surface area contributed by atoms with Crippen LogP contribution in [0.2, 0.25) is 0 Å². The van der Waals surface area contributed by atoms with E-state index < -0.39 is 0 Å². The van der Waals surface area contributed by atoms with Crippen LogP contribution >= 0.6 is 12.2 Å². The first kappa shape index (κ1) is 17.4. The number of aromatic nitrogens is 1. The van der Waals surface area contributed by atoms with Crippen molar-refractivity contribution in [3.8, 4) is 0 Å². The van der Waals surface area contributed by atoms with Gasteiger partial charge in [-0.25, -0.2) is 9.78 Å². The Morgan fingerprint density at radius 3 is 2.67 bits per heavy atom. The molecule has 0 saturated carbocycles. The molecule has 0 fully saturated rings. The Hall–Kier alpha value is -1.69. The van der Waals surface area contributed by atoms with Crippen LogP contribution < -0.4 is 10.6 Å². The van der Waals surface area contributed by atoms with Gasteiger partial charge in [0.15, 0.2) is 0 Å². The normalized spacial score (nSPS) is 10.5. The van der Waals surface area contributed by atoms with E-state index in [1.54, 1.807) is 19.2 Å². The van der Waals surface area contributed by atoms with Crippen LogP contribution in [0.15, 0.2) is 18.3 Å². The summed E-state index contributed by atoms with van der Waals surface area (Å²) in [5, 5.41) is 0. The van der Waals surface area contributed by atoms with Gasteiger partial charge in [-0.3, -0.25) is 0 Å². The van der Waals surface area contributed by atoms with Crippen LogP contribution in [0.1, 0.15) is 37.6 Å². The van der Waals surface area contributed by atoms with E-state index in [0.717, 1.165) is 18.9 Å². The highest BCUT2D eigenvalue weighted by atomic mass is 32.1. The molecule has 0 atom stereocenters. The van der Waals surface area contributed by atoms with Crippen molar-refractivity contribution in [2.45, 2.75) is 27.2 Å². The van der Waals surface area contributed by atoms with Gasteiger partial charge in [-0.1, -0.05) is 26.1 Å². The lowest BCUT2D eigenvalue weighted by Gasteiger charge is -2.25. The molecule has 116 valence electrons. The van der Waals surface area contributed by atoms with Crippen LogP contribution in [-0.2, 0) is 4.74 Å². The van der Waals surface area contributed by atoms with E-state index in [4.69, 9.17) is 22.7 Å². The molecule has 1 heterocycles. The van der Waals surface area contributed by atoms with E-state index in [9.17, 15) is 4.79 Å². The molecule has 2 N–H and O–H groups in total. The molecule has 21 heavy (non-hydrogen) atoms. The highest BCUT2D eigenvalue weighted by Crippen LogP contribution is 2.14. The predicted molar refractivity (Wildman–Crippen MR) is 88.6 cm³/mol. The average molecular weight is 309 g/mol. The van der Waals surface area contributed by atoms with Crippen molar-refractivity contribution in [3.63, 3.8) is 0 Å². The third kappa shape index (κ3) is 6.08. The number of carbonyl (C=O) groups is 1. The van der Waals surface area contributed by atoms with Crippen molar-refractivity contribution in [1.82, 2.24) is 4.98 Å². The number of nitrogens with two attached hydrogens (primary N) is 1. The van der Waals surface area contributed by atoms with Crippen molar-refractivity contribution in [2.24, 2.45) is 11.7 Å². The molecule has 1 aromatic rings. The molecule has 0 bridgehead atoms. The second-order valence-electron chi connectivity index (χ2n) is 5.18. The maximum atomic E-state index is 11.6. The number of rotatable bonds is 8. The Bertz CT molecular complexity index is 474. The van der Waals surface area contributed by atoms with Gasteiger partial charge in [-0.15, -0.1) is 0 Å². The maximum Gasteiger partial charge on any atom is 0.339 e. The van der Waals surface area contributed by atoms with Crippen molar-refractivity contribution in [2.75, 3.05) is 24.6 Å². The van der Waals surface area contributed by atoms with Gasteiger partial charge in [-0.05, 0) is 25.0 Å². The molecule has 0 saturated heterocycles. The lowest BCUT2D eigenvalue weighted by atomic mass is 10.2. The summed E-state index contributed by atoms with van der Waals surface area (Å²) >= 11 is 4.93. The fourth-order valence-electron chi connectivity index (χ4n) is 1.89. The van der Waals surface area contributed by atoms with E-state index in [-0.39, 0.29) is 5.97 Å². The minimum absolute atomic E-state index is 0.352. The van der Waals surface area contributed by atoms with Crippen LogP contribution in [0.5, 0.6) is 0 Å². The van der Waals surface area contributed by atoms with Gasteiger partial charge in [0, 0.05) is 25.7 Å². The van der Waals surface area contributed by atoms with Crippen LogP contribution in [0, 0.1) is 5.92 Å². The molecule has 0 aliphatic carbocycles. The summed E-state index contributed by atoms with van der Waals surface area (Å²) < 4.78 is 4.95. The Morgan fingerprint density at radius 1 is 1.48 bits per heavy atom. The highest BCUT2D eigenvalue weighted by Gasteiger charge is 2.12. The molecule has 0 aromatic carbocycles. The standard InChI is InChI=1S/C15H23N3O2S/c1-4-20-15(19)12-5-6-14(17-9-12)18(10-11(2)3)8-7-13(16)21/h5-6,9,11H,4,7-8,10H2,1-3H3,(H2,16,21). The first-order valence-electron chi connectivity index (χ1n) is 7.10. The van der Waals surface area contributed by atoms with Gasteiger partial charge in [0.25, 0.3) is 0 Å². The number of carbonyl (C=O) groups excluding carboxylic acids is 1. The predicted octanol–water partition coefficient (Wildman–Crippen LogP) is 2.40. The highest BCUT2D eigenvalue weighted by molar-refractivity contribution is 7.80. The SMILES string of the molecule is CCOC(=O)c1ccc(N(CCC(N)=S)CC(C)C)nc1. The third-order valence-electron chi connectivity index (χ3n) is 2.80. The zero-order chi connectivity index (χ0) is 15.8. The number of esters is 1. The molecule has 0 spiro atoms. The molecule has 0 aliphatic rings. The number of hydrogen-bond acceptors (Lipinski definition) is 5. The number of pyridine rings is 1. The molecule has 0 radical (unpaired) electrons. The summed E-state index contributed by atoms with van der Waals surface area (Å²) in [6.07, 6.45) is 2.19. The summed E-state index contributed by atoms with van der Waals surface area (Å²) in [5.41, 5.74) is 6.03. The van der Waals surface area contributed by atoms with Gasteiger partial charge in [0.2, 0.25) is 0 Å². The summed E-state index contributed by atoms with van der Waals surface area (Å²) in [6, 6.07) is 3.56. The topological polar surface area (TPSA) is 68.5 Å². The second-order valence-corrected chi connectivity index (χ2v) is 5.71. The quantitative estimate of drug-likeness (QED) is 0.587. The van der Waals surface area contributed by atoms with Gasteiger partial charge in [0.1, 0.15) is 5.82 Å². The lowest BCUT2D eigenvalue weighted by Crippen LogP contribution is -2.31. The van der Waals surface area contributed by atoms with Gasteiger partial charge in [-0.2, -0.15) is 0 Å². The number of anilines is 1. The summed E-state index contributed by atoms with van der Waals surface area (Å²) in [5.74, 6) is 0.950. The number of hydrogen-bond donors (Lipinski definition) is 1. The Balaban J connectivity index is 2.82. The molecular weight excluding hydrogens is 286 g/mol. The number of ether oxygens (including phenoxy) is 1.